The second-order valence-electron chi connectivity index (χ2n) is 4.15. The van der Waals surface area contributed by atoms with Gasteiger partial charge in [0, 0.05) is 6.42 Å². The number of rotatable bonds is 12. The van der Waals surface area contributed by atoms with E-state index in [0.29, 0.717) is 6.42 Å². The number of allylic oxidation sites excluding steroid dienone is 1. The maximum atomic E-state index is 9.93. The van der Waals surface area contributed by atoms with Gasteiger partial charge in [-0.15, -0.1) is 6.58 Å². The van der Waals surface area contributed by atoms with Gasteiger partial charge in [0.25, 0.3) is 0 Å². The molecule has 0 aliphatic heterocycles. The van der Waals surface area contributed by atoms with Crippen LogP contribution in [0.3, 0.4) is 0 Å². The van der Waals surface area contributed by atoms with Crippen LogP contribution < -0.4 is 0 Å². The Morgan fingerprint density at radius 3 is 1.73 bits per heavy atom. The summed E-state index contributed by atoms with van der Waals surface area (Å²) in [5.74, 6) is 0. The zero-order chi connectivity index (χ0) is 11.2. The SMILES string of the molecule is C=CCCCCCCCCCCC[C]=O. The van der Waals surface area contributed by atoms with Gasteiger partial charge in [-0.3, -0.25) is 4.79 Å². The first-order valence-electron chi connectivity index (χ1n) is 6.37. The standard InChI is InChI=1S/C14H25O/c1-2-3-4-5-6-7-8-9-10-11-12-13-14-15/h2H,1,3-13H2. The van der Waals surface area contributed by atoms with Crippen molar-refractivity contribution in [3.8, 4) is 0 Å². The van der Waals surface area contributed by atoms with E-state index in [-0.39, 0.29) is 0 Å². The van der Waals surface area contributed by atoms with Gasteiger partial charge in [-0.1, -0.05) is 51.0 Å². The van der Waals surface area contributed by atoms with Crippen molar-refractivity contribution in [3.05, 3.63) is 12.7 Å². The van der Waals surface area contributed by atoms with Gasteiger partial charge in [0.2, 0.25) is 0 Å². The minimum atomic E-state index is 0.627. The molecule has 0 atom stereocenters. The van der Waals surface area contributed by atoms with E-state index in [2.05, 4.69) is 6.58 Å². The third-order valence-corrected chi connectivity index (χ3v) is 2.69. The summed E-state index contributed by atoms with van der Waals surface area (Å²) < 4.78 is 0. The molecule has 0 saturated carbocycles. The lowest BCUT2D eigenvalue weighted by Crippen LogP contribution is -1.82. The van der Waals surface area contributed by atoms with Gasteiger partial charge < -0.3 is 0 Å². The zero-order valence-electron chi connectivity index (χ0n) is 9.97. The van der Waals surface area contributed by atoms with Gasteiger partial charge in [-0.05, 0) is 19.3 Å². The molecule has 87 valence electrons. The highest BCUT2D eigenvalue weighted by Crippen LogP contribution is 2.10. The lowest BCUT2D eigenvalue weighted by Gasteiger charge is -2.00. The van der Waals surface area contributed by atoms with Crippen molar-refractivity contribution in [2.75, 3.05) is 0 Å². The Kier molecular flexibility index (Phi) is 12.9. The Hall–Kier alpha value is -0.590. The van der Waals surface area contributed by atoms with E-state index in [1.54, 1.807) is 0 Å². The maximum absolute atomic E-state index is 9.93. The van der Waals surface area contributed by atoms with Crippen LogP contribution in [0.15, 0.2) is 12.7 Å². The number of hydrogen-bond acceptors (Lipinski definition) is 1. The van der Waals surface area contributed by atoms with E-state index >= 15 is 0 Å². The van der Waals surface area contributed by atoms with Crippen molar-refractivity contribution in [3.63, 3.8) is 0 Å². The van der Waals surface area contributed by atoms with E-state index in [9.17, 15) is 4.79 Å². The lowest BCUT2D eigenvalue weighted by atomic mass is 10.1. The fraction of sp³-hybridized carbons (Fsp3) is 0.786. The quantitative estimate of drug-likeness (QED) is 0.340. The first kappa shape index (κ1) is 14.4. The fourth-order valence-corrected chi connectivity index (χ4v) is 1.72. The summed E-state index contributed by atoms with van der Waals surface area (Å²) in [5.41, 5.74) is 0. The topological polar surface area (TPSA) is 17.1 Å². The number of unbranched alkanes of at least 4 members (excludes halogenated alkanes) is 10. The second-order valence-corrected chi connectivity index (χ2v) is 4.15. The molecule has 0 aromatic rings. The van der Waals surface area contributed by atoms with Crippen molar-refractivity contribution in [2.24, 2.45) is 0 Å². The van der Waals surface area contributed by atoms with Crippen molar-refractivity contribution in [1.82, 2.24) is 0 Å². The van der Waals surface area contributed by atoms with Crippen LogP contribution >= 0.6 is 0 Å². The Morgan fingerprint density at radius 2 is 1.27 bits per heavy atom. The number of carbonyl (C=O) groups excluding carboxylic acids is 1. The van der Waals surface area contributed by atoms with Gasteiger partial charge in [-0.2, -0.15) is 0 Å². The van der Waals surface area contributed by atoms with Gasteiger partial charge in [0.05, 0.1) is 0 Å². The summed E-state index contributed by atoms with van der Waals surface area (Å²) in [4.78, 5) is 9.93. The van der Waals surface area contributed by atoms with Crippen LogP contribution in [-0.2, 0) is 4.79 Å². The summed E-state index contributed by atoms with van der Waals surface area (Å²) in [7, 11) is 0. The molecule has 0 heterocycles. The van der Waals surface area contributed by atoms with Gasteiger partial charge >= 0.3 is 0 Å². The summed E-state index contributed by atoms with van der Waals surface area (Å²) >= 11 is 0. The predicted octanol–water partition coefficient (Wildman–Crippen LogP) is 4.57. The molecule has 0 rings (SSSR count). The van der Waals surface area contributed by atoms with Crippen molar-refractivity contribution in [1.29, 1.82) is 0 Å². The van der Waals surface area contributed by atoms with Crippen molar-refractivity contribution < 1.29 is 4.79 Å². The summed E-state index contributed by atoms with van der Waals surface area (Å²) in [6, 6.07) is 0. The van der Waals surface area contributed by atoms with Crippen LogP contribution in [-0.4, -0.2) is 6.29 Å². The maximum Gasteiger partial charge on any atom is 0.198 e. The van der Waals surface area contributed by atoms with Crippen molar-refractivity contribution >= 4 is 6.29 Å². The van der Waals surface area contributed by atoms with E-state index in [4.69, 9.17) is 0 Å². The van der Waals surface area contributed by atoms with Crippen LogP contribution in [0.4, 0.5) is 0 Å². The average Bonchev–Trinajstić information content (AvgIpc) is 2.26. The molecule has 0 aromatic heterocycles. The molecule has 0 aliphatic carbocycles. The minimum absolute atomic E-state index is 0.627. The molecule has 1 radical (unpaired) electrons. The molecular weight excluding hydrogens is 184 g/mol. The third-order valence-electron chi connectivity index (χ3n) is 2.69. The largest absolute Gasteiger partial charge is 0.291 e. The molecule has 0 fully saturated rings. The van der Waals surface area contributed by atoms with Crippen LogP contribution in [0.2, 0.25) is 0 Å². The van der Waals surface area contributed by atoms with Gasteiger partial charge in [0.1, 0.15) is 0 Å². The van der Waals surface area contributed by atoms with E-state index < -0.39 is 0 Å². The zero-order valence-corrected chi connectivity index (χ0v) is 9.97. The van der Waals surface area contributed by atoms with Gasteiger partial charge in [-0.25, -0.2) is 0 Å². The summed E-state index contributed by atoms with van der Waals surface area (Å²) in [6.07, 6.45) is 17.4. The smallest absolute Gasteiger partial charge is 0.198 e. The monoisotopic (exact) mass is 209 g/mol. The molecule has 0 bridgehead atoms. The molecule has 0 saturated heterocycles. The predicted molar refractivity (Wildman–Crippen MR) is 66.7 cm³/mol. The molecule has 0 aromatic carbocycles. The Morgan fingerprint density at radius 1 is 0.800 bits per heavy atom. The molecule has 1 heteroatoms. The summed E-state index contributed by atoms with van der Waals surface area (Å²) in [6.45, 7) is 3.72. The second kappa shape index (κ2) is 13.4. The minimum Gasteiger partial charge on any atom is -0.291 e. The normalized spacial score (nSPS) is 10.1. The molecule has 0 unspecified atom stereocenters. The van der Waals surface area contributed by atoms with Crippen LogP contribution in [0.5, 0.6) is 0 Å². The lowest BCUT2D eigenvalue weighted by molar-refractivity contribution is 0.537. The first-order valence-corrected chi connectivity index (χ1v) is 6.37. The average molecular weight is 209 g/mol. The summed E-state index contributed by atoms with van der Waals surface area (Å²) in [5, 5.41) is 0. The highest BCUT2D eigenvalue weighted by Gasteiger charge is 1.92. The molecule has 0 N–H and O–H groups in total. The fourth-order valence-electron chi connectivity index (χ4n) is 1.72. The van der Waals surface area contributed by atoms with Crippen LogP contribution in [0.25, 0.3) is 0 Å². The molecule has 0 aliphatic rings. The Bertz CT molecular complexity index is 124. The van der Waals surface area contributed by atoms with Crippen LogP contribution in [0.1, 0.15) is 70.6 Å². The highest BCUT2D eigenvalue weighted by molar-refractivity contribution is 5.50. The van der Waals surface area contributed by atoms with E-state index in [0.717, 1.165) is 6.42 Å². The third kappa shape index (κ3) is 13.4. The molecule has 0 spiro atoms. The highest BCUT2D eigenvalue weighted by atomic mass is 16.1. The van der Waals surface area contributed by atoms with Gasteiger partial charge in [0.15, 0.2) is 6.29 Å². The first-order chi connectivity index (χ1) is 7.41. The van der Waals surface area contributed by atoms with Crippen molar-refractivity contribution in [2.45, 2.75) is 70.6 Å². The van der Waals surface area contributed by atoms with E-state index in [1.807, 2.05) is 12.4 Å². The molecular formula is C14H25O. The Balaban J connectivity index is 2.86. The van der Waals surface area contributed by atoms with Crippen LogP contribution in [0, 0.1) is 0 Å². The van der Waals surface area contributed by atoms with E-state index in [1.165, 1.54) is 57.8 Å². The number of hydrogen-bond donors (Lipinski definition) is 0. The molecule has 0 amide bonds. The molecule has 1 nitrogen and oxygen atoms in total. The molecule has 15 heavy (non-hydrogen) atoms. The Labute approximate surface area is 95.0 Å².